The van der Waals surface area contributed by atoms with Gasteiger partial charge in [0.15, 0.2) is 5.78 Å². The molecule has 0 aromatic heterocycles. The quantitative estimate of drug-likeness (QED) is 0.234. The molecule has 7 heteroatoms. The number of thioether (sulfide) groups is 1. The number of ketones is 1. The maximum Gasteiger partial charge on any atom is 0.307 e. The van der Waals surface area contributed by atoms with E-state index in [9.17, 15) is 19.5 Å². The van der Waals surface area contributed by atoms with Crippen molar-refractivity contribution in [3.63, 3.8) is 0 Å². The van der Waals surface area contributed by atoms with E-state index in [1.165, 1.54) is 11.8 Å². The van der Waals surface area contributed by atoms with Crippen LogP contribution in [0, 0.1) is 5.92 Å². The van der Waals surface area contributed by atoms with Gasteiger partial charge in [-0.3, -0.25) is 14.4 Å². The summed E-state index contributed by atoms with van der Waals surface area (Å²) >= 11 is 7.24. The van der Waals surface area contributed by atoms with Gasteiger partial charge in [-0.25, -0.2) is 0 Å². The van der Waals surface area contributed by atoms with Gasteiger partial charge in [0.1, 0.15) is 0 Å². The summed E-state index contributed by atoms with van der Waals surface area (Å²) in [7, 11) is 0. The van der Waals surface area contributed by atoms with Crippen LogP contribution < -0.4 is 0 Å². The van der Waals surface area contributed by atoms with Crippen molar-refractivity contribution in [3.05, 3.63) is 88.9 Å². The van der Waals surface area contributed by atoms with E-state index in [4.69, 9.17) is 11.6 Å². The fourth-order valence-corrected chi connectivity index (χ4v) is 4.94. The zero-order valence-electron chi connectivity index (χ0n) is 19.7. The molecule has 5 nitrogen and oxygen atoms in total. The molecule has 3 aromatic carbocycles. The number of benzene rings is 3. The monoisotopic (exact) mass is 509 g/mol. The molecule has 0 heterocycles. The summed E-state index contributed by atoms with van der Waals surface area (Å²) in [6, 6.07) is 21.7. The van der Waals surface area contributed by atoms with Gasteiger partial charge in [0.05, 0.1) is 11.5 Å². The topological polar surface area (TPSA) is 74.7 Å². The lowest BCUT2D eigenvalue weighted by Gasteiger charge is -2.20. The van der Waals surface area contributed by atoms with E-state index in [2.05, 4.69) is 0 Å². The van der Waals surface area contributed by atoms with Crippen molar-refractivity contribution in [2.24, 2.45) is 5.92 Å². The van der Waals surface area contributed by atoms with Crippen LogP contribution in [-0.4, -0.2) is 46.5 Å². The number of carbonyl (C=O) groups excluding carboxylic acids is 2. The number of amides is 1. The van der Waals surface area contributed by atoms with E-state index >= 15 is 0 Å². The second-order valence-electron chi connectivity index (χ2n) is 8.03. The summed E-state index contributed by atoms with van der Waals surface area (Å²) in [5, 5.41) is 10.4. The van der Waals surface area contributed by atoms with Crippen molar-refractivity contribution in [1.82, 2.24) is 4.90 Å². The summed E-state index contributed by atoms with van der Waals surface area (Å²) in [6.07, 6.45) is -0.116. The fraction of sp³-hybridized carbons (Fsp3) is 0.250. The Labute approximate surface area is 215 Å². The van der Waals surface area contributed by atoms with Crippen LogP contribution in [0.25, 0.3) is 11.1 Å². The molecule has 0 bridgehead atoms. The minimum atomic E-state index is -1.03. The Morgan fingerprint density at radius 1 is 0.886 bits per heavy atom. The van der Waals surface area contributed by atoms with Crippen LogP contribution in [-0.2, 0) is 4.79 Å². The highest BCUT2D eigenvalue weighted by Crippen LogP contribution is 2.28. The summed E-state index contributed by atoms with van der Waals surface area (Å²) in [5.41, 5.74) is 2.94. The SMILES string of the molecule is CCN(CC)C(=O)c1ccccc1SCC(CC(=O)c1ccc(-c2ccc(Cl)cc2)cc1)C(=O)O. The Hall–Kier alpha value is -3.09. The fourth-order valence-electron chi connectivity index (χ4n) is 3.69. The smallest absolute Gasteiger partial charge is 0.307 e. The largest absolute Gasteiger partial charge is 0.481 e. The number of carboxylic acids is 1. The molecule has 3 aromatic rings. The number of rotatable bonds is 11. The predicted molar refractivity (Wildman–Crippen MR) is 141 cm³/mol. The molecule has 3 rings (SSSR count). The molecule has 0 fully saturated rings. The van der Waals surface area contributed by atoms with Gasteiger partial charge in [-0.2, -0.15) is 0 Å². The number of hydrogen-bond donors (Lipinski definition) is 1. The first-order valence-corrected chi connectivity index (χ1v) is 12.8. The van der Waals surface area contributed by atoms with Gasteiger partial charge in [0.2, 0.25) is 0 Å². The van der Waals surface area contributed by atoms with E-state index in [-0.39, 0.29) is 23.9 Å². The number of hydrogen-bond acceptors (Lipinski definition) is 4. The predicted octanol–water partition coefficient (Wildman–Crippen LogP) is 6.55. The van der Waals surface area contributed by atoms with Crippen LogP contribution in [0.5, 0.6) is 0 Å². The van der Waals surface area contributed by atoms with Crippen LogP contribution >= 0.6 is 23.4 Å². The van der Waals surface area contributed by atoms with Crippen LogP contribution in [0.4, 0.5) is 0 Å². The number of nitrogens with zero attached hydrogens (tertiary/aromatic N) is 1. The molecule has 0 saturated carbocycles. The third-order valence-corrected chi connectivity index (χ3v) is 7.26. The number of carboxylic acid groups (broad SMARTS) is 1. The van der Waals surface area contributed by atoms with Crippen LogP contribution in [0.1, 0.15) is 41.0 Å². The lowest BCUT2D eigenvalue weighted by atomic mass is 9.97. The average molecular weight is 510 g/mol. The second-order valence-corrected chi connectivity index (χ2v) is 9.53. The Bertz CT molecular complexity index is 1170. The standard InChI is InChI=1S/C28H28ClNO4S/c1-3-30(4-2)27(32)24-7-5-6-8-26(24)35-18-22(28(33)34)17-25(31)21-11-9-19(10-12-21)20-13-15-23(29)16-14-20/h5-16,22H,3-4,17-18H2,1-2H3,(H,33,34). The Morgan fingerprint density at radius 2 is 1.46 bits per heavy atom. The maximum atomic E-state index is 12.9. The summed E-state index contributed by atoms with van der Waals surface area (Å²) in [6.45, 7) is 5.03. The van der Waals surface area contributed by atoms with Gasteiger partial charge in [0.25, 0.3) is 5.91 Å². The third kappa shape index (κ3) is 6.96. The van der Waals surface area contributed by atoms with Crippen molar-refractivity contribution in [1.29, 1.82) is 0 Å². The molecule has 0 aliphatic heterocycles. The first-order chi connectivity index (χ1) is 16.8. The molecule has 0 saturated heterocycles. The zero-order valence-corrected chi connectivity index (χ0v) is 21.3. The van der Waals surface area contributed by atoms with Crippen molar-refractivity contribution in [2.45, 2.75) is 25.2 Å². The highest BCUT2D eigenvalue weighted by Gasteiger charge is 2.24. The molecule has 182 valence electrons. The van der Waals surface area contributed by atoms with Gasteiger partial charge in [-0.15, -0.1) is 11.8 Å². The molecule has 0 aliphatic rings. The van der Waals surface area contributed by atoms with Crippen molar-refractivity contribution < 1.29 is 19.5 Å². The minimum Gasteiger partial charge on any atom is -0.481 e. The molecule has 0 radical (unpaired) electrons. The van der Waals surface area contributed by atoms with Gasteiger partial charge in [-0.05, 0) is 49.2 Å². The Balaban J connectivity index is 1.68. The highest BCUT2D eigenvalue weighted by molar-refractivity contribution is 7.99. The number of carbonyl (C=O) groups is 3. The molecule has 1 amide bonds. The van der Waals surface area contributed by atoms with E-state index in [1.807, 2.05) is 50.2 Å². The van der Waals surface area contributed by atoms with Gasteiger partial charge in [0, 0.05) is 40.7 Å². The lowest BCUT2D eigenvalue weighted by Crippen LogP contribution is -2.30. The lowest BCUT2D eigenvalue weighted by molar-refractivity contribution is -0.140. The summed E-state index contributed by atoms with van der Waals surface area (Å²) in [5.74, 6) is -2.03. The normalized spacial score (nSPS) is 11.6. The van der Waals surface area contributed by atoms with Crippen molar-refractivity contribution >= 4 is 41.0 Å². The molecule has 35 heavy (non-hydrogen) atoms. The van der Waals surface area contributed by atoms with Crippen LogP contribution in [0.3, 0.4) is 0 Å². The maximum absolute atomic E-state index is 12.9. The summed E-state index contributed by atoms with van der Waals surface area (Å²) in [4.78, 5) is 40.1. The van der Waals surface area contributed by atoms with Crippen LogP contribution in [0.2, 0.25) is 5.02 Å². The van der Waals surface area contributed by atoms with E-state index < -0.39 is 11.9 Å². The molecule has 0 aliphatic carbocycles. The average Bonchev–Trinajstić information content (AvgIpc) is 2.87. The first-order valence-electron chi connectivity index (χ1n) is 11.5. The van der Waals surface area contributed by atoms with Gasteiger partial charge < -0.3 is 10.0 Å². The molecule has 1 N–H and O–H groups in total. The zero-order chi connectivity index (χ0) is 25.4. The highest BCUT2D eigenvalue weighted by atomic mass is 35.5. The molecule has 1 atom stereocenters. The number of halogens is 1. The molecule has 0 spiro atoms. The number of Topliss-reactive ketones (excluding diaryl/α,β-unsaturated/α-hetero) is 1. The molecular weight excluding hydrogens is 482 g/mol. The van der Waals surface area contributed by atoms with Gasteiger partial charge >= 0.3 is 5.97 Å². The second kappa shape index (κ2) is 12.6. The first kappa shape index (κ1) is 26.5. The third-order valence-electron chi connectivity index (χ3n) is 5.77. The van der Waals surface area contributed by atoms with Crippen LogP contribution in [0.15, 0.2) is 77.7 Å². The Kier molecular flexibility index (Phi) is 9.52. The molecular formula is C28H28ClNO4S. The summed E-state index contributed by atoms with van der Waals surface area (Å²) < 4.78 is 0. The molecule has 1 unspecified atom stereocenters. The van der Waals surface area contributed by atoms with E-state index in [0.29, 0.717) is 29.2 Å². The minimum absolute atomic E-state index is 0.0816. The van der Waals surface area contributed by atoms with E-state index in [1.54, 1.807) is 41.3 Å². The Morgan fingerprint density at radius 3 is 2.03 bits per heavy atom. The van der Waals surface area contributed by atoms with Gasteiger partial charge in [-0.1, -0.05) is 60.1 Å². The van der Waals surface area contributed by atoms with Crippen molar-refractivity contribution in [3.8, 4) is 11.1 Å². The number of aliphatic carboxylic acids is 1. The van der Waals surface area contributed by atoms with E-state index in [0.717, 1.165) is 16.0 Å². The van der Waals surface area contributed by atoms with Crippen molar-refractivity contribution in [2.75, 3.05) is 18.8 Å².